The van der Waals surface area contributed by atoms with E-state index in [1.54, 1.807) is 4.68 Å². The predicted octanol–water partition coefficient (Wildman–Crippen LogP) is 3.34. The highest BCUT2D eigenvalue weighted by atomic mass is 15.3. The Labute approximate surface area is 158 Å². The van der Waals surface area contributed by atoms with Gasteiger partial charge in [-0.2, -0.15) is 10.2 Å². The lowest BCUT2D eigenvalue weighted by molar-refractivity contribution is 0.769. The smallest absolute Gasteiger partial charge is 0.163 e. The van der Waals surface area contributed by atoms with Gasteiger partial charge in [-0.25, -0.2) is 9.97 Å². The van der Waals surface area contributed by atoms with Gasteiger partial charge in [-0.1, -0.05) is 37.3 Å². The van der Waals surface area contributed by atoms with Crippen molar-refractivity contribution in [1.29, 1.82) is 0 Å². The number of benzene rings is 1. The van der Waals surface area contributed by atoms with Crippen molar-refractivity contribution < 1.29 is 0 Å². The van der Waals surface area contributed by atoms with Crippen molar-refractivity contribution in [1.82, 2.24) is 29.9 Å². The Morgan fingerprint density at radius 2 is 1.93 bits per heavy atom. The number of fused-ring (bicyclic) bond motifs is 1. The van der Waals surface area contributed by atoms with Crippen LogP contribution >= 0.6 is 0 Å². The zero-order chi connectivity index (χ0) is 18.8. The normalized spacial score (nSPS) is 11.2. The summed E-state index contributed by atoms with van der Waals surface area (Å²) in [5, 5.41) is 12.7. The van der Waals surface area contributed by atoms with Crippen LogP contribution in [0.4, 0.5) is 5.82 Å². The Hall–Kier alpha value is -3.22. The maximum Gasteiger partial charge on any atom is 0.163 e. The van der Waals surface area contributed by atoms with E-state index in [1.165, 1.54) is 0 Å². The molecule has 0 radical (unpaired) electrons. The fourth-order valence-corrected chi connectivity index (χ4v) is 3.29. The Bertz CT molecular complexity index is 1050. The van der Waals surface area contributed by atoms with Crippen LogP contribution in [-0.2, 0) is 20.0 Å². The van der Waals surface area contributed by atoms with Crippen LogP contribution in [-0.4, -0.2) is 37.0 Å². The van der Waals surface area contributed by atoms with Crippen molar-refractivity contribution in [2.24, 2.45) is 7.05 Å². The summed E-state index contributed by atoms with van der Waals surface area (Å²) in [7, 11) is 3.96. The zero-order valence-electron chi connectivity index (χ0n) is 15.8. The zero-order valence-corrected chi connectivity index (χ0v) is 15.8. The van der Waals surface area contributed by atoms with Gasteiger partial charge in [0.15, 0.2) is 5.65 Å². The van der Waals surface area contributed by atoms with E-state index in [0.29, 0.717) is 6.54 Å². The summed E-state index contributed by atoms with van der Waals surface area (Å²) in [5.41, 5.74) is 4.15. The van der Waals surface area contributed by atoms with E-state index in [1.807, 2.05) is 44.7 Å². The van der Waals surface area contributed by atoms with Crippen LogP contribution in [0.2, 0.25) is 0 Å². The molecule has 0 saturated heterocycles. The first kappa shape index (κ1) is 17.2. The number of aromatic amines is 1. The standard InChI is InChI=1S/C20H23N7/c1-4-8-17-23-19(16-12-22-27(3)20(16)24-17)26(2)13-15-11-21-25-18(15)14-9-6-5-7-10-14/h5-7,9-12H,4,8,13H2,1-3H3,(H,21,25). The number of aryl methyl sites for hydroxylation is 2. The molecule has 0 unspecified atom stereocenters. The molecule has 27 heavy (non-hydrogen) atoms. The minimum Gasteiger partial charge on any atom is -0.354 e. The van der Waals surface area contributed by atoms with Crippen LogP contribution in [0.25, 0.3) is 22.3 Å². The largest absolute Gasteiger partial charge is 0.354 e. The van der Waals surface area contributed by atoms with Gasteiger partial charge in [0.05, 0.1) is 23.5 Å². The third-order valence-corrected chi connectivity index (χ3v) is 4.64. The summed E-state index contributed by atoms with van der Waals surface area (Å²) >= 11 is 0. The Kier molecular flexibility index (Phi) is 4.58. The van der Waals surface area contributed by atoms with Crippen LogP contribution in [0.5, 0.6) is 0 Å². The Morgan fingerprint density at radius 3 is 2.70 bits per heavy atom. The number of anilines is 1. The highest BCUT2D eigenvalue weighted by molar-refractivity contribution is 5.87. The second-order valence-corrected chi connectivity index (χ2v) is 6.71. The van der Waals surface area contributed by atoms with Gasteiger partial charge < -0.3 is 4.90 Å². The number of rotatable bonds is 6. The lowest BCUT2D eigenvalue weighted by Crippen LogP contribution is -2.19. The van der Waals surface area contributed by atoms with Gasteiger partial charge in [0, 0.05) is 32.6 Å². The molecule has 0 spiro atoms. The molecule has 0 bridgehead atoms. The van der Waals surface area contributed by atoms with Gasteiger partial charge in [0.1, 0.15) is 11.6 Å². The maximum atomic E-state index is 4.82. The van der Waals surface area contributed by atoms with E-state index in [4.69, 9.17) is 4.98 Å². The number of aromatic nitrogens is 6. The molecule has 0 aliphatic rings. The highest BCUT2D eigenvalue weighted by Crippen LogP contribution is 2.27. The van der Waals surface area contributed by atoms with Gasteiger partial charge in [0.2, 0.25) is 0 Å². The quantitative estimate of drug-likeness (QED) is 0.570. The molecule has 0 atom stereocenters. The lowest BCUT2D eigenvalue weighted by Gasteiger charge is -2.19. The number of nitrogens with one attached hydrogen (secondary N) is 1. The fourth-order valence-electron chi connectivity index (χ4n) is 3.29. The molecular formula is C20H23N7. The molecule has 1 N–H and O–H groups in total. The molecule has 7 nitrogen and oxygen atoms in total. The first-order valence-corrected chi connectivity index (χ1v) is 9.14. The van der Waals surface area contributed by atoms with Crippen LogP contribution in [0.3, 0.4) is 0 Å². The van der Waals surface area contributed by atoms with Gasteiger partial charge in [0.25, 0.3) is 0 Å². The molecule has 4 rings (SSSR count). The van der Waals surface area contributed by atoms with Crippen LogP contribution < -0.4 is 4.90 Å². The monoisotopic (exact) mass is 361 g/mol. The van der Waals surface area contributed by atoms with Gasteiger partial charge in [-0.3, -0.25) is 9.78 Å². The summed E-state index contributed by atoms with van der Waals surface area (Å²) < 4.78 is 1.81. The second kappa shape index (κ2) is 7.19. The van der Waals surface area contributed by atoms with E-state index in [2.05, 4.69) is 44.2 Å². The summed E-state index contributed by atoms with van der Waals surface area (Å²) in [6, 6.07) is 10.2. The van der Waals surface area contributed by atoms with E-state index in [9.17, 15) is 0 Å². The Morgan fingerprint density at radius 1 is 1.11 bits per heavy atom. The number of hydrogen-bond donors (Lipinski definition) is 1. The van der Waals surface area contributed by atoms with Gasteiger partial charge in [-0.15, -0.1) is 0 Å². The predicted molar refractivity (Wildman–Crippen MR) is 106 cm³/mol. The topological polar surface area (TPSA) is 75.5 Å². The van der Waals surface area contributed by atoms with Crippen molar-refractivity contribution in [2.75, 3.05) is 11.9 Å². The summed E-state index contributed by atoms with van der Waals surface area (Å²) in [5.74, 6) is 1.75. The lowest BCUT2D eigenvalue weighted by atomic mass is 10.1. The van der Waals surface area contributed by atoms with Crippen molar-refractivity contribution in [2.45, 2.75) is 26.3 Å². The van der Waals surface area contributed by atoms with Crippen molar-refractivity contribution in [3.63, 3.8) is 0 Å². The summed E-state index contributed by atoms with van der Waals surface area (Å²) in [6.07, 6.45) is 5.58. The average Bonchev–Trinajstić information content (AvgIpc) is 3.29. The van der Waals surface area contributed by atoms with Crippen molar-refractivity contribution in [3.8, 4) is 11.3 Å². The van der Waals surface area contributed by atoms with Crippen molar-refractivity contribution >= 4 is 16.9 Å². The van der Waals surface area contributed by atoms with E-state index in [0.717, 1.165) is 52.3 Å². The molecule has 0 aliphatic heterocycles. The first-order chi connectivity index (χ1) is 13.2. The highest BCUT2D eigenvalue weighted by Gasteiger charge is 2.17. The van der Waals surface area contributed by atoms with Crippen LogP contribution in [0, 0.1) is 0 Å². The molecule has 0 amide bonds. The molecule has 3 aromatic heterocycles. The minimum atomic E-state index is 0.688. The van der Waals surface area contributed by atoms with Crippen LogP contribution in [0.15, 0.2) is 42.7 Å². The summed E-state index contributed by atoms with van der Waals surface area (Å²) in [4.78, 5) is 11.6. The van der Waals surface area contributed by atoms with E-state index in [-0.39, 0.29) is 0 Å². The maximum absolute atomic E-state index is 4.82. The van der Waals surface area contributed by atoms with Crippen molar-refractivity contribution in [3.05, 3.63) is 54.1 Å². The molecule has 4 aromatic rings. The number of hydrogen-bond acceptors (Lipinski definition) is 5. The third-order valence-electron chi connectivity index (χ3n) is 4.64. The number of nitrogens with zero attached hydrogens (tertiary/aromatic N) is 6. The molecule has 7 heteroatoms. The SMILES string of the molecule is CCCc1nc(N(C)Cc2cn[nH]c2-c2ccccc2)c2cnn(C)c2n1. The van der Waals surface area contributed by atoms with E-state index >= 15 is 0 Å². The average molecular weight is 361 g/mol. The molecular weight excluding hydrogens is 338 g/mol. The molecule has 3 heterocycles. The Balaban J connectivity index is 1.70. The molecule has 0 aliphatic carbocycles. The van der Waals surface area contributed by atoms with Gasteiger partial charge in [-0.05, 0) is 12.0 Å². The third kappa shape index (κ3) is 3.28. The summed E-state index contributed by atoms with van der Waals surface area (Å²) in [6.45, 7) is 2.82. The fraction of sp³-hybridized carbons (Fsp3) is 0.300. The molecule has 1 aromatic carbocycles. The molecule has 0 saturated carbocycles. The number of H-pyrrole nitrogens is 1. The van der Waals surface area contributed by atoms with Gasteiger partial charge >= 0.3 is 0 Å². The van der Waals surface area contributed by atoms with E-state index < -0.39 is 0 Å². The molecule has 0 fully saturated rings. The molecule has 138 valence electrons. The minimum absolute atomic E-state index is 0.688. The van der Waals surface area contributed by atoms with Crippen LogP contribution in [0.1, 0.15) is 24.7 Å². The second-order valence-electron chi connectivity index (χ2n) is 6.71. The first-order valence-electron chi connectivity index (χ1n) is 9.14.